The monoisotopic (exact) mass is 501 g/mol. The fourth-order valence-corrected chi connectivity index (χ4v) is 7.05. The van der Waals surface area contributed by atoms with Gasteiger partial charge in [0.2, 0.25) is 0 Å². The standard InChI is InChI=1S/C30H32ClN3O2/c31-27-17-23(13-10-22(27)18-32)34-29(19-6-4-5-7-19)26-15-11-20-16-21(12-14-25(20)28(26)33-34)30(35)36-24-8-2-1-3-9-24/h10,12-14,16-17,19,24,26,29H,1-9,11,15H2. The summed E-state index contributed by atoms with van der Waals surface area (Å²) in [7, 11) is 0. The van der Waals surface area contributed by atoms with Crippen molar-refractivity contribution in [3.8, 4) is 6.07 Å². The SMILES string of the molecule is N#Cc1ccc(N2N=C3c4ccc(C(=O)OC5CCCCC5)cc4CCC3C2C2CCCC2)cc1Cl. The maximum Gasteiger partial charge on any atom is 0.338 e. The van der Waals surface area contributed by atoms with Crippen molar-refractivity contribution >= 4 is 29.0 Å². The second kappa shape index (κ2) is 9.90. The van der Waals surface area contributed by atoms with E-state index >= 15 is 0 Å². The van der Waals surface area contributed by atoms with Gasteiger partial charge in [0.25, 0.3) is 0 Å². The first-order chi connectivity index (χ1) is 17.6. The number of anilines is 1. The largest absolute Gasteiger partial charge is 0.459 e. The normalized spacial score (nSPS) is 24.1. The Kier molecular flexibility index (Phi) is 6.48. The van der Waals surface area contributed by atoms with Crippen LogP contribution in [0.4, 0.5) is 5.69 Å². The molecule has 0 aromatic heterocycles. The van der Waals surface area contributed by atoms with Crippen LogP contribution in [0.3, 0.4) is 0 Å². The van der Waals surface area contributed by atoms with Crippen LogP contribution >= 0.6 is 11.6 Å². The van der Waals surface area contributed by atoms with Gasteiger partial charge in [0, 0.05) is 11.5 Å². The molecule has 0 radical (unpaired) electrons. The van der Waals surface area contributed by atoms with Crippen LogP contribution in [0.25, 0.3) is 0 Å². The third-order valence-electron chi connectivity index (χ3n) is 8.65. The third kappa shape index (κ3) is 4.30. The molecule has 1 heterocycles. The quantitative estimate of drug-likeness (QED) is 0.421. The molecule has 3 aliphatic carbocycles. The topological polar surface area (TPSA) is 65.7 Å². The number of hydrogen-bond donors (Lipinski definition) is 0. The maximum absolute atomic E-state index is 12.9. The Labute approximate surface area is 218 Å². The molecule has 0 saturated heterocycles. The number of hydrogen-bond acceptors (Lipinski definition) is 5. The molecule has 0 amide bonds. The van der Waals surface area contributed by atoms with Gasteiger partial charge in [-0.1, -0.05) is 36.9 Å². The molecule has 2 aromatic carbocycles. The molecular weight excluding hydrogens is 470 g/mol. The van der Waals surface area contributed by atoms with Gasteiger partial charge in [-0.2, -0.15) is 10.4 Å². The van der Waals surface area contributed by atoms with E-state index in [-0.39, 0.29) is 12.1 Å². The van der Waals surface area contributed by atoms with Crippen molar-refractivity contribution in [2.45, 2.75) is 82.8 Å². The van der Waals surface area contributed by atoms with Gasteiger partial charge in [-0.05, 0) is 93.2 Å². The van der Waals surface area contributed by atoms with Crippen molar-refractivity contribution < 1.29 is 9.53 Å². The maximum atomic E-state index is 12.9. The van der Waals surface area contributed by atoms with Crippen LogP contribution in [0.2, 0.25) is 5.02 Å². The molecule has 36 heavy (non-hydrogen) atoms. The third-order valence-corrected chi connectivity index (χ3v) is 8.96. The summed E-state index contributed by atoms with van der Waals surface area (Å²) in [5.41, 5.74) is 5.56. The first-order valence-corrected chi connectivity index (χ1v) is 13.9. The lowest BCUT2D eigenvalue weighted by molar-refractivity contribution is 0.0211. The second-order valence-corrected chi connectivity index (χ2v) is 11.2. The van der Waals surface area contributed by atoms with E-state index in [1.165, 1.54) is 37.7 Å². The van der Waals surface area contributed by atoms with Crippen LogP contribution < -0.4 is 5.01 Å². The van der Waals surface area contributed by atoms with Gasteiger partial charge in [-0.25, -0.2) is 4.79 Å². The van der Waals surface area contributed by atoms with E-state index in [2.05, 4.69) is 17.1 Å². The molecular formula is C30H32ClN3O2. The van der Waals surface area contributed by atoms with Gasteiger partial charge < -0.3 is 4.74 Å². The summed E-state index contributed by atoms with van der Waals surface area (Å²) in [6, 6.07) is 14.1. The molecule has 2 saturated carbocycles. The summed E-state index contributed by atoms with van der Waals surface area (Å²) in [6.45, 7) is 0. The molecule has 6 heteroatoms. The second-order valence-electron chi connectivity index (χ2n) is 10.8. The van der Waals surface area contributed by atoms with Gasteiger partial charge in [0.05, 0.1) is 33.6 Å². The van der Waals surface area contributed by atoms with Gasteiger partial charge in [-0.3, -0.25) is 5.01 Å². The molecule has 6 rings (SSSR count). The van der Waals surface area contributed by atoms with Crippen LogP contribution in [0, 0.1) is 23.2 Å². The zero-order valence-electron chi connectivity index (χ0n) is 20.6. The lowest BCUT2D eigenvalue weighted by Crippen LogP contribution is -2.40. The number of aryl methyl sites for hydroxylation is 1. The van der Waals surface area contributed by atoms with Crippen LogP contribution in [0.15, 0.2) is 41.5 Å². The molecule has 0 bridgehead atoms. The fourth-order valence-electron chi connectivity index (χ4n) is 6.84. The Bertz CT molecular complexity index is 1240. The molecule has 186 valence electrons. The molecule has 2 aromatic rings. The van der Waals surface area contributed by atoms with Crippen LogP contribution in [0.5, 0.6) is 0 Å². The smallest absolute Gasteiger partial charge is 0.338 e. The Morgan fingerprint density at radius 1 is 1.00 bits per heavy atom. The van der Waals surface area contributed by atoms with E-state index in [9.17, 15) is 10.1 Å². The van der Waals surface area contributed by atoms with Crippen molar-refractivity contribution in [2.75, 3.05) is 5.01 Å². The van der Waals surface area contributed by atoms with E-state index in [1.54, 1.807) is 6.07 Å². The Morgan fingerprint density at radius 3 is 2.53 bits per heavy atom. The summed E-state index contributed by atoms with van der Waals surface area (Å²) >= 11 is 6.42. The average molecular weight is 502 g/mol. The highest BCUT2D eigenvalue weighted by molar-refractivity contribution is 6.32. The average Bonchev–Trinajstić information content (AvgIpc) is 3.57. The molecule has 2 unspecified atom stereocenters. The van der Waals surface area contributed by atoms with E-state index < -0.39 is 0 Å². The van der Waals surface area contributed by atoms with Crippen molar-refractivity contribution in [2.24, 2.45) is 16.9 Å². The molecule has 4 aliphatic rings. The molecule has 5 nitrogen and oxygen atoms in total. The minimum atomic E-state index is -0.196. The highest BCUT2D eigenvalue weighted by Crippen LogP contribution is 2.45. The van der Waals surface area contributed by atoms with Gasteiger partial charge in [-0.15, -0.1) is 0 Å². The fraction of sp³-hybridized carbons (Fsp3) is 0.500. The number of nitrogens with zero attached hydrogens (tertiary/aromatic N) is 3. The van der Waals surface area contributed by atoms with E-state index in [4.69, 9.17) is 21.4 Å². The predicted molar refractivity (Wildman–Crippen MR) is 141 cm³/mol. The summed E-state index contributed by atoms with van der Waals surface area (Å²) < 4.78 is 5.83. The number of benzene rings is 2. The number of halogens is 1. The van der Waals surface area contributed by atoms with Crippen molar-refractivity contribution in [3.05, 3.63) is 63.7 Å². The van der Waals surface area contributed by atoms with Gasteiger partial charge in [0.15, 0.2) is 0 Å². The van der Waals surface area contributed by atoms with Crippen molar-refractivity contribution in [1.29, 1.82) is 5.26 Å². The zero-order valence-corrected chi connectivity index (χ0v) is 21.3. The van der Waals surface area contributed by atoms with Crippen molar-refractivity contribution in [3.63, 3.8) is 0 Å². The molecule has 2 fully saturated rings. The Hall–Kier alpha value is -2.84. The minimum absolute atomic E-state index is 0.0610. The molecule has 2 atom stereocenters. The number of carbonyl (C=O) groups is 1. The lowest BCUT2D eigenvalue weighted by Gasteiger charge is -2.34. The number of ether oxygens (including phenoxy) is 1. The highest BCUT2D eigenvalue weighted by atomic mass is 35.5. The Balaban J connectivity index is 1.31. The van der Waals surface area contributed by atoms with E-state index in [1.807, 2.05) is 24.3 Å². The highest BCUT2D eigenvalue weighted by Gasteiger charge is 2.45. The number of carbonyl (C=O) groups excluding carboxylic acids is 1. The van der Waals surface area contributed by atoms with Crippen LogP contribution in [0.1, 0.15) is 91.3 Å². The molecule has 0 spiro atoms. The summed E-state index contributed by atoms with van der Waals surface area (Å²) in [5.74, 6) is 0.755. The van der Waals surface area contributed by atoms with E-state index in [0.717, 1.165) is 55.5 Å². The number of esters is 1. The van der Waals surface area contributed by atoms with Gasteiger partial charge in [0.1, 0.15) is 12.2 Å². The zero-order chi connectivity index (χ0) is 24.6. The van der Waals surface area contributed by atoms with Crippen LogP contribution in [-0.2, 0) is 11.2 Å². The van der Waals surface area contributed by atoms with Crippen molar-refractivity contribution in [1.82, 2.24) is 0 Å². The summed E-state index contributed by atoms with van der Waals surface area (Å²) in [5, 5.41) is 17.2. The first kappa shape index (κ1) is 23.6. The predicted octanol–water partition coefficient (Wildman–Crippen LogP) is 7.05. The molecule has 1 aliphatic heterocycles. The minimum Gasteiger partial charge on any atom is -0.459 e. The number of hydrazone groups is 1. The van der Waals surface area contributed by atoms with E-state index in [0.29, 0.717) is 34.0 Å². The number of fused-ring (bicyclic) bond motifs is 3. The van der Waals surface area contributed by atoms with Gasteiger partial charge >= 0.3 is 5.97 Å². The summed E-state index contributed by atoms with van der Waals surface area (Å²) in [6.07, 6.45) is 12.5. The first-order valence-electron chi connectivity index (χ1n) is 13.5. The Morgan fingerprint density at radius 2 is 1.78 bits per heavy atom. The number of nitriles is 1. The summed E-state index contributed by atoms with van der Waals surface area (Å²) in [4.78, 5) is 12.9. The van der Waals surface area contributed by atoms with Crippen LogP contribution in [-0.4, -0.2) is 23.8 Å². The number of rotatable bonds is 4. The lowest BCUT2D eigenvalue weighted by atomic mass is 9.75. The molecule has 0 N–H and O–H groups in total.